The van der Waals surface area contributed by atoms with Gasteiger partial charge in [0.05, 0.1) is 39.5 Å². The topological polar surface area (TPSA) is 81.9 Å². The summed E-state index contributed by atoms with van der Waals surface area (Å²) in [5.41, 5.74) is 0.737. The number of methoxy groups -OCH3 is 2. The summed E-state index contributed by atoms with van der Waals surface area (Å²) in [6.45, 7) is 2.03. The zero-order valence-corrected chi connectivity index (χ0v) is 10.6. The summed E-state index contributed by atoms with van der Waals surface area (Å²) < 4.78 is 14.1. The van der Waals surface area contributed by atoms with Gasteiger partial charge in [0.15, 0.2) is 5.76 Å². The minimum absolute atomic E-state index is 0.0225. The van der Waals surface area contributed by atoms with Gasteiger partial charge in [0.25, 0.3) is 0 Å². The third-order valence-electron chi connectivity index (χ3n) is 2.22. The summed E-state index contributed by atoms with van der Waals surface area (Å²) in [6.07, 6.45) is 0. The van der Waals surface area contributed by atoms with E-state index in [1.165, 1.54) is 14.2 Å². The minimum Gasteiger partial charge on any atom is -0.468 e. The van der Waals surface area contributed by atoms with Crippen molar-refractivity contribution < 1.29 is 23.6 Å². The third-order valence-corrected chi connectivity index (χ3v) is 2.22. The fourth-order valence-corrected chi connectivity index (χ4v) is 1.37. The Bertz CT molecular complexity index is 397. The number of hydrogen-bond donors (Lipinski definition) is 0. The molecule has 0 aliphatic carbocycles. The lowest BCUT2D eigenvalue weighted by molar-refractivity contribution is -0.145. The van der Waals surface area contributed by atoms with E-state index in [0.717, 1.165) is 5.69 Å². The molecule has 0 aliphatic rings. The van der Waals surface area contributed by atoms with E-state index >= 15 is 0 Å². The molecule has 1 aromatic rings. The maximum Gasteiger partial charge on any atom is 0.319 e. The van der Waals surface area contributed by atoms with Gasteiger partial charge < -0.3 is 14.0 Å². The fraction of sp³-hybridized carbons (Fsp3) is 0.545. The van der Waals surface area contributed by atoms with Crippen LogP contribution in [0.4, 0.5) is 0 Å². The number of aromatic nitrogens is 1. The molecule has 18 heavy (non-hydrogen) atoms. The molecular weight excluding hydrogens is 240 g/mol. The first-order valence-electron chi connectivity index (χ1n) is 5.33. The maximum absolute atomic E-state index is 11.2. The van der Waals surface area contributed by atoms with Gasteiger partial charge in [-0.25, -0.2) is 0 Å². The lowest BCUT2D eigenvalue weighted by atomic mass is 10.3. The van der Waals surface area contributed by atoms with Crippen molar-refractivity contribution in [3.63, 3.8) is 0 Å². The molecule has 0 radical (unpaired) electrons. The summed E-state index contributed by atoms with van der Waals surface area (Å²) >= 11 is 0. The van der Waals surface area contributed by atoms with Crippen molar-refractivity contribution >= 4 is 11.9 Å². The van der Waals surface area contributed by atoms with Gasteiger partial charge in [0, 0.05) is 6.07 Å². The van der Waals surface area contributed by atoms with E-state index in [9.17, 15) is 9.59 Å². The van der Waals surface area contributed by atoms with Crippen LogP contribution in [0.3, 0.4) is 0 Å². The average molecular weight is 256 g/mol. The van der Waals surface area contributed by atoms with Crippen LogP contribution in [0.1, 0.15) is 11.5 Å². The lowest BCUT2D eigenvalue weighted by Gasteiger charge is -2.17. The van der Waals surface area contributed by atoms with Crippen molar-refractivity contribution in [2.45, 2.75) is 13.5 Å². The number of carbonyl (C=O) groups is 2. The van der Waals surface area contributed by atoms with E-state index in [-0.39, 0.29) is 19.6 Å². The highest BCUT2D eigenvalue weighted by Crippen LogP contribution is 2.06. The van der Waals surface area contributed by atoms with Crippen molar-refractivity contribution in [3.8, 4) is 0 Å². The monoisotopic (exact) mass is 256 g/mol. The zero-order chi connectivity index (χ0) is 13.5. The molecule has 7 heteroatoms. The molecule has 0 saturated carbocycles. The van der Waals surface area contributed by atoms with Crippen LogP contribution in [0.5, 0.6) is 0 Å². The molecule has 0 aliphatic heterocycles. The first-order valence-corrected chi connectivity index (χ1v) is 5.33. The number of esters is 2. The van der Waals surface area contributed by atoms with Gasteiger partial charge in [-0.2, -0.15) is 0 Å². The van der Waals surface area contributed by atoms with Gasteiger partial charge in [-0.15, -0.1) is 0 Å². The van der Waals surface area contributed by atoms with Gasteiger partial charge in [-0.05, 0) is 6.92 Å². The van der Waals surface area contributed by atoms with E-state index < -0.39 is 11.9 Å². The van der Waals surface area contributed by atoms with Crippen LogP contribution >= 0.6 is 0 Å². The number of hydrogen-bond acceptors (Lipinski definition) is 7. The Morgan fingerprint density at radius 3 is 2.22 bits per heavy atom. The standard InChI is InChI=1S/C11H16N2O5/c1-8-4-9(18-12-8)5-13(6-10(14)16-2)7-11(15)17-3/h4H,5-7H2,1-3H3. The normalized spacial score (nSPS) is 10.4. The first kappa shape index (κ1) is 14.2. The maximum atomic E-state index is 11.2. The molecule has 1 rings (SSSR count). The average Bonchev–Trinajstić information content (AvgIpc) is 2.74. The van der Waals surface area contributed by atoms with Crippen LogP contribution in [0.15, 0.2) is 10.6 Å². The van der Waals surface area contributed by atoms with Gasteiger partial charge in [-0.1, -0.05) is 5.16 Å². The molecule has 0 aromatic carbocycles. The van der Waals surface area contributed by atoms with E-state index in [2.05, 4.69) is 14.6 Å². The number of carbonyl (C=O) groups excluding carboxylic acids is 2. The highest BCUT2D eigenvalue weighted by Gasteiger charge is 2.17. The number of nitrogens with zero attached hydrogens (tertiary/aromatic N) is 2. The molecule has 0 spiro atoms. The van der Waals surface area contributed by atoms with Crippen molar-refractivity contribution in [2.24, 2.45) is 0 Å². The second kappa shape index (κ2) is 6.75. The van der Waals surface area contributed by atoms with E-state index in [1.807, 2.05) is 0 Å². The molecule has 100 valence electrons. The fourth-order valence-electron chi connectivity index (χ4n) is 1.37. The Hall–Kier alpha value is -1.89. The molecule has 0 amide bonds. The van der Waals surface area contributed by atoms with E-state index in [0.29, 0.717) is 5.76 Å². The molecule has 0 fully saturated rings. The van der Waals surface area contributed by atoms with Crippen LogP contribution in [-0.4, -0.2) is 49.3 Å². The summed E-state index contributed by atoms with van der Waals surface area (Å²) in [4.78, 5) is 24.0. The quantitative estimate of drug-likeness (QED) is 0.669. The lowest BCUT2D eigenvalue weighted by Crippen LogP contribution is -2.35. The van der Waals surface area contributed by atoms with Crippen molar-refractivity contribution in [2.75, 3.05) is 27.3 Å². The molecule has 0 N–H and O–H groups in total. The second-order valence-electron chi connectivity index (χ2n) is 3.73. The van der Waals surface area contributed by atoms with Gasteiger partial charge in [-0.3, -0.25) is 14.5 Å². The Labute approximate surface area is 105 Å². The molecule has 0 unspecified atom stereocenters. The molecule has 7 nitrogen and oxygen atoms in total. The van der Waals surface area contributed by atoms with E-state index in [4.69, 9.17) is 4.52 Å². The summed E-state index contributed by atoms with van der Waals surface area (Å²) in [6, 6.07) is 1.74. The predicted octanol–water partition coefficient (Wildman–Crippen LogP) is 0.131. The second-order valence-corrected chi connectivity index (χ2v) is 3.73. The third kappa shape index (κ3) is 4.54. The molecule has 0 bridgehead atoms. The molecule has 0 saturated heterocycles. The van der Waals surface area contributed by atoms with Crippen molar-refractivity contribution in [1.29, 1.82) is 0 Å². The highest BCUT2D eigenvalue weighted by molar-refractivity contribution is 5.74. The molecular formula is C11H16N2O5. The van der Waals surface area contributed by atoms with Gasteiger partial charge in [0.1, 0.15) is 0 Å². The van der Waals surface area contributed by atoms with Crippen molar-refractivity contribution in [1.82, 2.24) is 10.1 Å². The Morgan fingerprint density at radius 2 is 1.83 bits per heavy atom. The van der Waals surface area contributed by atoms with Crippen LogP contribution in [-0.2, 0) is 25.6 Å². The van der Waals surface area contributed by atoms with E-state index in [1.54, 1.807) is 17.9 Å². The van der Waals surface area contributed by atoms with Gasteiger partial charge in [0.2, 0.25) is 0 Å². The summed E-state index contributed by atoms with van der Waals surface area (Å²) in [5.74, 6) is -0.300. The van der Waals surface area contributed by atoms with Gasteiger partial charge >= 0.3 is 11.9 Å². The Morgan fingerprint density at radius 1 is 1.28 bits per heavy atom. The molecule has 1 aromatic heterocycles. The van der Waals surface area contributed by atoms with Crippen LogP contribution in [0.2, 0.25) is 0 Å². The van der Waals surface area contributed by atoms with Crippen LogP contribution < -0.4 is 0 Å². The number of ether oxygens (including phenoxy) is 2. The number of aryl methyl sites for hydroxylation is 1. The van der Waals surface area contributed by atoms with Crippen LogP contribution in [0.25, 0.3) is 0 Å². The van der Waals surface area contributed by atoms with Crippen molar-refractivity contribution in [3.05, 3.63) is 17.5 Å². The summed E-state index contributed by atoms with van der Waals surface area (Å²) in [7, 11) is 2.58. The Kier molecular flexibility index (Phi) is 5.31. The smallest absolute Gasteiger partial charge is 0.319 e. The largest absolute Gasteiger partial charge is 0.468 e. The SMILES string of the molecule is COC(=O)CN(CC(=O)OC)Cc1cc(C)no1. The highest BCUT2D eigenvalue weighted by atomic mass is 16.5. The zero-order valence-electron chi connectivity index (χ0n) is 10.6. The van der Waals surface area contributed by atoms with Crippen LogP contribution in [0, 0.1) is 6.92 Å². The number of rotatable bonds is 6. The Balaban J connectivity index is 2.64. The first-order chi connectivity index (χ1) is 8.55. The molecule has 1 heterocycles. The predicted molar refractivity (Wildman–Crippen MR) is 60.5 cm³/mol. The molecule has 0 atom stereocenters. The minimum atomic E-state index is -0.435. The summed E-state index contributed by atoms with van der Waals surface area (Å²) in [5, 5.41) is 3.73.